The van der Waals surface area contributed by atoms with Gasteiger partial charge in [0.25, 0.3) is 0 Å². The maximum absolute atomic E-state index is 12.9. The summed E-state index contributed by atoms with van der Waals surface area (Å²) in [6, 6.07) is 7.89. The van der Waals surface area contributed by atoms with Gasteiger partial charge in [0, 0.05) is 18.2 Å². The van der Waals surface area contributed by atoms with E-state index < -0.39 is 0 Å². The number of carbonyl (C=O) groups is 1. The van der Waals surface area contributed by atoms with Crippen LogP contribution in [0.4, 0.5) is 0 Å². The van der Waals surface area contributed by atoms with Crippen molar-refractivity contribution in [1.82, 2.24) is 19.7 Å². The lowest BCUT2D eigenvalue weighted by atomic mass is 10.0. The van der Waals surface area contributed by atoms with Gasteiger partial charge in [0.2, 0.25) is 5.91 Å². The van der Waals surface area contributed by atoms with Gasteiger partial charge in [-0.05, 0) is 55.2 Å². The number of H-pyrrole nitrogens is 1. The summed E-state index contributed by atoms with van der Waals surface area (Å²) in [5.41, 5.74) is 0.891. The molecule has 0 spiro atoms. The van der Waals surface area contributed by atoms with Gasteiger partial charge < -0.3 is 9.64 Å². The molecule has 0 bridgehead atoms. The number of aromatic amines is 1. The van der Waals surface area contributed by atoms with E-state index in [4.69, 9.17) is 17.0 Å². The Balaban J connectivity index is 1.84. The summed E-state index contributed by atoms with van der Waals surface area (Å²) in [4.78, 5) is 14.9. The molecule has 1 amide bonds. The maximum atomic E-state index is 12.9. The lowest BCUT2D eigenvalue weighted by Crippen LogP contribution is -2.40. The van der Waals surface area contributed by atoms with Crippen LogP contribution in [0.25, 0.3) is 11.4 Å². The predicted octanol–water partition coefficient (Wildman–Crippen LogP) is 3.26. The number of methoxy groups -OCH3 is 1. The number of nitrogens with one attached hydrogen (secondary N) is 1. The third-order valence-corrected chi connectivity index (χ3v) is 5.10. The molecule has 1 aliphatic rings. The minimum Gasteiger partial charge on any atom is -0.497 e. The van der Waals surface area contributed by atoms with Crippen molar-refractivity contribution in [3.05, 3.63) is 29.0 Å². The molecule has 2 aromatic rings. The number of hydrogen-bond donors (Lipinski definition) is 1. The Hall–Kier alpha value is -2.15. The highest BCUT2D eigenvalue weighted by atomic mass is 32.1. The van der Waals surface area contributed by atoms with Gasteiger partial charge in [-0.1, -0.05) is 13.8 Å². The largest absolute Gasteiger partial charge is 0.497 e. The first-order valence-corrected chi connectivity index (χ1v) is 9.01. The molecule has 1 aromatic carbocycles. The molecule has 2 heterocycles. The van der Waals surface area contributed by atoms with Gasteiger partial charge in [-0.2, -0.15) is 5.10 Å². The van der Waals surface area contributed by atoms with Gasteiger partial charge in [-0.15, -0.1) is 0 Å². The Morgan fingerprint density at radius 2 is 2.12 bits per heavy atom. The summed E-state index contributed by atoms with van der Waals surface area (Å²) < 4.78 is 7.42. The van der Waals surface area contributed by atoms with Gasteiger partial charge in [0.05, 0.1) is 7.11 Å². The quantitative estimate of drug-likeness (QED) is 0.831. The summed E-state index contributed by atoms with van der Waals surface area (Å²) in [6.07, 6.45) is 2.14. The van der Waals surface area contributed by atoms with Crippen LogP contribution in [0, 0.1) is 10.7 Å². The number of hydrogen-bond acceptors (Lipinski definition) is 4. The molecule has 1 aliphatic heterocycles. The Labute approximate surface area is 152 Å². The fourth-order valence-electron chi connectivity index (χ4n) is 3.45. The first-order valence-electron chi connectivity index (χ1n) is 8.60. The number of ether oxygens (including phenoxy) is 1. The summed E-state index contributed by atoms with van der Waals surface area (Å²) in [7, 11) is 1.63. The fraction of sp³-hybridized carbons (Fsp3) is 0.500. The zero-order valence-electron chi connectivity index (χ0n) is 14.9. The van der Waals surface area contributed by atoms with Crippen LogP contribution in [0.15, 0.2) is 24.3 Å². The van der Waals surface area contributed by atoms with E-state index in [1.807, 2.05) is 29.2 Å². The molecule has 0 aliphatic carbocycles. The normalized spacial score (nSPS) is 17.3. The molecule has 1 aromatic heterocycles. The molecule has 1 N–H and O–H groups in total. The van der Waals surface area contributed by atoms with Crippen molar-refractivity contribution < 1.29 is 9.53 Å². The topological polar surface area (TPSA) is 63.1 Å². The molecule has 1 unspecified atom stereocenters. The molecule has 0 radical (unpaired) electrons. The van der Waals surface area contributed by atoms with E-state index in [0.717, 1.165) is 30.7 Å². The van der Waals surface area contributed by atoms with Crippen LogP contribution in [0.5, 0.6) is 5.75 Å². The Morgan fingerprint density at radius 3 is 2.76 bits per heavy atom. The molecule has 0 saturated carbocycles. The van der Waals surface area contributed by atoms with E-state index in [1.165, 1.54) is 0 Å². The fourth-order valence-corrected chi connectivity index (χ4v) is 3.64. The Bertz CT molecular complexity index is 794. The van der Waals surface area contributed by atoms with Crippen molar-refractivity contribution >= 4 is 18.1 Å². The van der Waals surface area contributed by atoms with Crippen LogP contribution in [0.3, 0.4) is 0 Å². The molecule has 6 nitrogen and oxygen atoms in total. The van der Waals surface area contributed by atoms with Crippen molar-refractivity contribution in [3.63, 3.8) is 0 Å². The van der Waals surface area contributed by atoms with Crippen LogP contribution in [0.1, 0.15) is 26.7 Å². The lowest BCUT2D eigenvalue weighted by molar-refractivity contribution is -0.133. The van der Waals surface area contributed by atoms with Gasteiger partial charge in [0.15, 0.2) is 10.6 Å². The van der Waals surface area contributed by atoms with E-state index in [-0.39, 0.29) is 12.5 Å². The van der Waals surface area contributed by atoms with Crippen molar-refractivity contribution in [1.29, 1.82) is 0 Å². The highest BCUT2D eigenvalue weighted by Crippen LogP contribution is 2.25. The minimum absolute atomic E-state index is 0.100. The zero-order valence-corrected chi connectivity index (χ0v) is 15.7. The van der Waals surface area contributed by atoms with Gasteiger partial charge in [0.1, 0.15) is 12.3 Å². The average molecular weight is 360 g/mol. The van der Waals surface area contributed by atoms with Crippen LogP contribution in [-0.2, 0) is 11.3 Å². The molecule has 134 valence electrons. The van der Waals surface area contributed by atoms with Crippen molar-refractivity contribution in [2.75, 3.05) is 13.7 Å². The first kappa shape index (κ1) is 17.7. The average Bonchev–Trinajstić information content (AvgIpc) is 3.23. The molecule has 3 rings (SSSR count). The van der Waals surface area contributed by atoms with Crippen LogP contribution >= 0.6 is 12.2 Å². The second-order valence-corrected chi connectivity index (χ2v) is 7.09. The molecule has 1 fully saturated rings. The first-order chi connectivity index (χ1) is 12.0. The number of benzene rings is 1. The van der Waals surface area contributed by atoms with Gasteiger partial charge >= 0.3 is 0 Å². The number of amides is 1. The van der Waals surface area contributed by atoms with E-state index in [1.54, 1.807) is 11.7 Å². The van der Waals surface area contributed by atoms with Gasteiger partial charge in [-0.25, -0.2) is 0 Å². The SMILES string of the molecule is COc1ccc(-c2n[nH]c(=S)n2CC(=O)N2CCCC2C(C)C)cc1. The Morgan fingerprint density at radius 1 is 1.40 bits per heavy atom. The molecule has 7 heteroatoms. The van der Waals surface area contributed by atoms with E-state index in [9.17, 15) is 4.79 Å². The maximum Gasteiger partial charge on any atom is 0.242 e. The number of nitrogens with zero attached hydrogens (tertiary/aromatic N) is 3. The lowest BCUT2D eigenvalue weighted by Gasteiger charge is -2.28. The number of rotatable bonds is 5. The number of likely N-dealkylation sites (tertiary alicyclic amines) is 1. The van der Waals surface area contributed by atoms with Crippen molar-refractivity contribution in [2.24, 2.45) is 5.92 Å². The molecule has 25 heavy (non-hydrogen) atoms. The molecule has 1 saturated heterocycles. The zero-order chi connectivity index (χ0) is 18.0. The summed E-state index contributed by atoms with van der Waals surface area (Å²) in [5, 5.41) is 7.12. The number of aromatic nitrogens is 3. The number of carbonyl (C=O) groups excluding carboxylic acids is 1. The summed E-state index contributed by atoms with van der Waals surface area (Å²) in [6.45, 7) is 5.37. The van der Waals surface area contributed by atoms with E-state index in [0.29, 0.717) is 22.6 Å². The third kappa shape index (κ3) is 3.61. The van der Waals surface area contributed by atoms with Crippen molar-refractivity contribution in [3.8, 4) is 17.1 Å². The molecule has 1 atom stereocenters. The molecular weight excluding hydrogens is 336 g/mol. The van der Waals surface area contributed by atoms with Gasteiger partial charge in [-0.3, -0.25) is 14.5 Å². The highest BCUT2D eigenvalue weighted by Gasteiger charge is 2.31. The second kappa shape index (κ2) is 7.39. The Kier molecular flexibility index (Phi) is 5.22. The van der Waals surface area contributed by atoms with Crippen LogP contribution in [-0.4, -0.2) is 45.3 Å². The standard InChI is InChI=1S/C18H24N4O2S/c1-12(2)15-5-4-10-21(15)16(23)11-22-17(19-20-18(22)25)13-6-8-14(24-3)9-7-13/h6-9,12,15H,4-5,10-11H2,1-3H3,(H,20,25). The predicted molar refractivity (Wildman–Crippen MR) is 99.0 cm³/mol. The monoisotopic (exact) mass is 360 g/mol. The third-order valence-electron chi connectivity index (χ3n) is 4.79. The smallest absolute Gasteiger partial charge is 0.242 e. The summed E-state index contributed by atoms with van der Waals surface area (Å²) in [5.74, 6) is 2.01. The summed E-state index contributed by atoms with van der Waals surface area (Å²) >= 11 is 5.35. The van der Waals surface area contributed by atoms with Crippen LogP contribution in [0.2, 0.25) is 0 Å². The van der Waals surface area contributed by atoms with Crippen molar-refractivity contribution in [2.45, 2.75) is 39.3 Å². The van der Waals surface area contributed by atoms with E-state index in [2.05, 4.69) is 24.0 Å². The highest BCUT2D eigenvalue weighted by molar-refractivity contribution is 7.71. The van der Waals surface area contributed by atoms with Crippen LogP contribution < -0.4 is 4.74 Å². The molecular formula is C18H24N4O2S. The van der Waals surface area contributed by atoms with E-state index >= 15 is 0 Å². The minimum atomic E-state index is 0.100. The second-order valence-electron chi connectivity index (χ2n) is 6.71.